The first-order valence-electron chi connectivity index (χ1n) is 4.45. The molecule has 2 heteroatoms. The third kappa shape index (κ3) is 2.31. The summed E-state index contributed by atoms with van der Waals surface area (Å²) in [5.41, 5.74) is 1.97. The smallest absolute Gasteiger partial charge is 0.253 e. The Hall–Kier alpha value is -1.31. The number of rotatable bonds is 2. The van der Waals surface area contributed by atoms with E-state index in [1.165, 1.54) is 5.56 Å². The summed E-state index contributed by atoms with van der Waals surface area (Å²) < 4.78 is 0. The van der Waals surface area contributed by atoms with Crippen LogP contribution in [0.4, 0.5) is 0 Å². The molecule has 0 saturated heterocycles. The van der Waals surface area contributed by atoms with Gasteiger partial charge in [-0.3, -0.25) is 4.79 Å². The molecule has 0 saturated carbocycles. The highest BCUT2D eigenvalue weighted by Gasteiger charge is 2.06. The molecular formula is C11H15NO. The van der Waals surface area contributed by atoms with Crippen LogP contribution < -0.4 is 0 Å². The number of hydrogen-bond acceptors (Lipinski definition) is 1. The van der Waals surface area contributed by atoms with E-state index in [-0.39, 0.29) is 5.91 Å². The van der Waals surface area contributed by atoms with Gasteiger partial charge in [-0.2, -0.15) is 0 Å². The van der Waals surface area contributed by atoms with E-state index < -0.39 is 0 Å². The zero-order chi connectivity index (χ0) is 9.84. The average molecular weight is 177 g/mol. The van der Waals surface area contributed by atoms with E-state index in [0.29, 0.717) is 0 Å². The van der Waals surface area contributed by atoms with Gasteiger partial charge >= 0.3 is 0 Å². The molecule has 0 aliphatic heterocycles. The molecule has 13 heavy (non-hydrogen) atoms. The van der Waals surface area contributed by atoms with Gasteiger partial charge in [-0.15, -0.1) is 0 Å². The highest BCUT2D eigenvalue weighted by Crippen LogP contribution is 2.07. The molecule has 0 bridgehead atoms. The van der Waals surface area contributed by atoms with Crippen molar-refractivity contribution >= 4 is 5.91 Å². The Kier molecular flexibility index (Phi) is 3.07. The van der Waals surface area contributed by atoms with Gasteiger partial charge in [0.25, 0.3) is 5.91 Å². The number of amides is 1. The molecule has 0 fully saturated rings. The predicted octanol–water partition coefficient (Wildman–Crippen LogP) is 1.95. The van der Waals surface area contributed by atoms with E-state index in [9.17, 15) is 4.79 Å². The minimum absolute atomic E-state index is 0.0651. The highest BCUT2D eigenvalue weighted by atomic mass is 16.2. The number of carbonyl (C=O) groups excluding carboxylic acids is 1. The summed E-state index contributed by atoms with van der Waals surface area (Å²) in [6, 6.07) is 7.76. The van der Waals surface area contributed by atoms with Crippen LogP contribution in [0, 0.1) is 0 Å². The van der Waals surface area contributed by atoms with E-state index in [1.54, 1.807) is 19.0 Å². The normalized spacial score (nSPS) is 9.77. The Bertz CT molecular complexity index is 305. The van der Waals surface area contributed by atoms with Gasteiger partial charge in [-0.1, -0.05) is 19.1 Å². The summed E-state index contributed by atoms with van der Waals surface area (Å²) in [4.78, 5) is 13.1. The lowest BCUT2D eigenvalue weighted by Gasteiger charge is -2.10. The maximum Gasteiger partial charge on any atom is 0.253 e. The third-order valence-corrected chi connectivity index (χ3v) is 1.99. The number of nitrogens with zero attached hydrogens (tertiary/aromatic N) is 1. The second kappa shape index (κ2) is 4.08. The van der Waals surface area contributed by atoms with Gasteiger partial charge in [0.1, 0.15) is 0 Å². The molecule has 1 aromatic rings. The largest absolute Gasteiger partial charge is 0.345 e. The van der Waals surface area contributed by atoms with Crippen LogP contribution in [0.2, 0.25) is 0 Å². The van der Waals surface area contributed by atoms with Crippen molar-refractivity contribution in [3.8, 4) is 0 Å². The SMILES string of the molecule is CCc1cccc(C(=O)N(C)C)c1. The Labute approximate surface area is 79.2 Å². The second-order valence-corrected chi connectivity index (χ2v) is 3.25. The molecule has 70 valence electrons. The van der Waals surface area contributed by atoms with Crippen molar-refractivity contribution in [1.29, 1.82) is 0 Å². The number of carbonyl (C=O) groups is 1. The Balaban J connectivity index is 2.95. The fourth-order valence-corrected chi connectivity index (χ4v) is 1.18. The fraction of sp³-hybridized carbons (Fsp3) is 0.364. The molecule has 1 aromatic carbocycles. The van der Waals surface area contributed by atoms with Gasteiger partial charge in [0.15, 0.2) is 0 Å². The first kappa shape index (κ1) is 9.78. The van der Waals surface area contributed by atoms with Crippen LogP contribution in [0.3, 0.4) is 0 Å². The summed E-state index contributed by atoms with van der Waals surface area (Å²) in [6.45, 7) is 2.08. The van der Waals surface area contributed by atoms with Gasteiger partial charge < -0.3 is 4.90 Å². The summed E-state index contributed by atoms with van der Waals surface area (Å²) in [5, 5.41) is 0. The maximum absolute atomic E-state index is 11.5. The number of aryl methyl sites for hydroxylation is 1. The molecule has 0 radical (unpaired) electrons. The Morgan fingerprint density at radius 3 is 2.62 bits per heavy atom. The molecular weight excluding hydrogens is 162 g/mol. The third-order valence-electron chi connectivity index (χ3n) is 1.99. The summed E-state index contributed by atoms with van der Waals surface area (Å²) in [5.74, 6) is 0.0651. The lowest BCUT2D eigenvalue weighted by atomic mass is 10.1. The monoisotopic (exact) mass is 177 g/mol. The van der Waals surface area contributed by atoms with Crippen molar-refractivity contribution in [2.75, 3.05) is 14.1 Å². The van der Waals surface area contributed by atoms with Gasteiger partial charge in [0, 0.05) is 19.7 Å². The Morgan fingerprint density at radius 1 is 1.38 bits per heavy atom. The quantitative estimate of drug-likeness (QED) is 0.676. The van der Waals surface area contributed by atoms with Crippen molar-refractivity contribution < 1.29 is 4.79 Å². The average Bonchev–Trinajstić information content (AvgIpc) is 2.16. The molecule has 2 nitrogen and oxygen atoms in total. The van der Waals surface area contributed by atoms with Crippen LogP contribution in [-0.2, 0) is 6.42 Å². The molecule has 1 amide bonds. The molecule has 0 unspecified atom stereocenters. The van der Waals surface area contributed by atoms with Gasteiger partial charge in [-0.25, -0.2) is 0 Å². The summed E-state index contributed by atoms with van der Waals surface area (Å²) in [6.07, 6.45) is 0.967. The van der Waals surface area contributed by atoms with Crippen molar-refractivity contribution in [3.05, 3.63) is 35.4 Å². The van der Waals surface area contributed by atoms with E-state index in [1.807, 2.05) is 24.3 Å². The number of benzene rings is 1. The summed E-state index contributed by atoms with van der Waals surface area (Å²) in [7, 11) is 3.53. The Morgan fingerprint density at radius 2 is 2.08 bits per heavy atom. The topological polar surface area (TPSA) is 20.3 Å². The first-order chi connectivity index (χ1) is 6.15. The van der Waals surface area contributed by atoms with Crippen molar-refractivity contribution in [2.45, 2.75) is 13.3 Å². The van der Waals surface area contributed by atoms with Crippen LogP contribution in [0.1, 0.15) is 22.8 Å². The van der Waals surface area contributed by atoms with Crippen molar-refractivity contribution in [1.82, 2.24) is 4.90 Å². The molecule has 0 aliphatic rings. The second-order valence-electron chi connectivity index (χ2n) is 3.25. The predicted molar refractivity (Wildman–Crippen MR) is 53.8 cm³/mol. The van der Waals surface area contributed by atoms with E-state index in [4.69, 9.17) is 0 Å². The number of hydrogen-bond donors (Lipinski definition) is 0. The van der Waals surface area contributed by atoms with Gasteiger partial charge in [0.05, 0.1) is 0 Å². The van der Waals surface area contributed by atoms with E-state index >= 15 is 0 Å². The van der Waals surface area contributed by atoms with Crippen LogP contribution >= 0.6 is 0 Å². The minimum Gasteiger partial charge on any atom is -0.345 e. The molecule has 1 rings (SSSR count). The molecule has 0 spiro atoms. The van der Waals surface area contributed by atoms with Gasteiger partial charge in [0.2, 0.25) is 0 Å². The van der Waals surface area contributed by atoms with Crippen LogP contribution in [0.5, 0.6) is 0 Å². The summed E-state index contributed by atoms with van der Waals surface area (Å²) >= 11 is 0. The van der Waals surface area contributed by atoms with Gasteiger partial charge in [-0.05, 0) is 24.1 Å². The van der Waals surface area contributed by atoms with E-state index in [0.717, 1.165) is 12.0 Å². The lowest BCUT2D eigenvalue weighted by molar-refractivity contribution is 0.0827. The van der Waals surface area contributed by atoms with Crippen molar-refractivity contribution in [2.24, 2.45) is 0 Å². The molecule has 0 aromatic heterocycles. The zero-order valence-corrected chi connectivity index (χ0v) is 8.37. The van der Waals surface area contributed by atoms with Crippen molar-refractivity contribution in [3.63, 3.8) is 0 Å². The van der Waals surface area contributed by atoms with Crippen LogP contribution in [-0.4, -0.2) is 24.9 Å². The molecule has 0 aliphatic carbocycles. The van der Waals surface area contributed by atoms with Crippen LogP contribution in [0.25, 0.3) is 0 Å². The zero-order valence-electron chi connectivity index (χ0n) is 8.37. The highest BCUT2D eigenvalue weighted by molar-refractivity contribution is 5.94. The minimum atomic E-state index is 0.0651. The van der Waals surface area contributed by atoms with Crippen LogP contribution in [0.15, 0.2) is 24.3 Å². The lowest BCUT2D eigenvalue weighted by Crippen LogP contribution is -2.21. The molecule has 0 N–H and O–H groups in total. The van der Waals surface area contributed by atoms with E-state index in [2.05, 4.69) is 6.92 Å². The molecule has 0 heterocycles. The fourth-order valence-electron chi connectivity index (χ4n) is 1.18. The standard InChI is InChI=1S/C11H15NO/c1-4-9-6-5-7-10(8-9)11(13)12(2)3/h5-8H,4H2,1-3H3. The first-order valence-corrected chi connectivity index (χ1v) is 4.45. The maximum atomic E-state index is 11.5. The molecule has 0 atom stereocenters.